The second-order valence-electron chi connectivity index (χ2n) is 5.03. The van der Waals surface area contributed by atoms with E-state index in [-0.39, 0.29) is 5.97 Å². The Bertz CT molecular complexity index is 433. The van der Waals surface area contributed by atoms with Crippen LogP contribution in [0.3, 0.4) is 0 Å². The van der Waals surface area contributed by atoms with Gasteiger partial charge in [0.05, 0.1) is 13.7 Å². The largest absolute Gasteiger partial charge is 0.494 e. The van der Waals surface area contributed by atoms with Crippen molar-refractivity contribution in [1.82, 2.24) is 5.32 Å². The summed E-state index contributed by atoms with van der Waals surface area (Å²) in [5.74, 6) is 0.640. The van der Waals surface area contributed by atoms with E-state index in [9.17, 15) is 4.79 Å². The van der Waals surface area contributed by atoms with Crippen molar-refractivity contribution in [3.8, 4) is 5.75 Å². The number of hydrogen-bond acceptors (Lipinski definition) is 4. The average Bonchev–Trinajstić information content (AvgIpc) is 2.50. The maximum absolute atomic E-state index is 11.7. The SMILES string of the molecule is CCc1cccc(OCCCC(C)(NC)C(=O)OC)c1. The molecule has 0 aliphatic rings. The standard InChI is InChI=1S/C16H25NO3/c1-5-13-8-6-9-14(12-13)20-11-7-10-16(2,17-3)15(18)19-4/h6,8-9,12,17H,5,7,10-11H2,1-4H3. The van der Waals surface area contributed by atoms with Crippen LogP contribution in [0.5, 0.6) is 5.75 Å². The zero-order valence-corrected chi connectivity index (χ0v) is 12.9. The van der Waals surface area contributed by atoms with Gasteiger partial charge in [0, 0.05) is 0 Å². The molecule has 1 atom stereocenters. The Kier molecular flexibility index (Phi) is 6.52. The lowest BCUT2D eigenvalue weighted by atomic mass is 9.96. The monoisotopic (exact) mass is 279 g/mol. The second-order valence-corrected chi connectivity index (χ2v) is 5.03. The van der Waals surface area contributed by atoms with Gasteiger partial charge in [0.15, 0.2) is 0 Å². The van der Waals surface area contributed by atoms with E-state index in [0.717, 1.165) is 18.6 Å². The van der Waals surface area contributed by atoms with Crippen molar-refractivity contribution in [1.29, 1.82) is 0 Å². The molecule has 20 heavy (non-hydrogen) atoms. The normalized spacial score (nSPS) is 13.6. The Morgan fingerprint density at radius 3 is 2.75 bits per heavy atom. The zero-order chi connectivity index (χ0) is 15.0. The predicted molar refractivity (Wildman–Crippen MR) is 80.0 cm³/mol. The maximum atomic E-state index is 11.7. The predicted octanol–water partition coefficient (Wildman–Crippen LogP) is 2.56. The molecule has 1 aromatic rings. The summed E-state index contributed by atoms with van der Waals surface area (Å²) in [4.78, 5) is 11.7. The number of hydrogen-bond donors (Lipinski definition) is 1. The minimum Gasteiger partial charge on any atom is -0.494 e. The number of ether oxygens (including phenoxy) is 2. The molecule has 1 unspecified atom stereocenters. The average molecular weight is 279 g/mol. The molecule has 4 nitrogen and oxygen atoms in total. The van der Waals surface area contributed by atoms with E-state index >= 15 is 0 Å². The number of esters is 1. The summed E-state index contributed by atoms with van der Waals surface area (Å²) >= 11 is 0. The molecule has 0 spiro atoms. The van der Waals surface area contributed by atoms with Crippen molar-refractivity contribution < 1.29 is 14.3 Å². The molecule has 1 aromatic carbocycles. The highest BCUT2D eigenvalue weighted by atomic mass is 16.5. The third-order valence-corrected chi connectivity index (χ3v) is 3.58. The third-order valence-electron chi connectivity index (χ3n) is 3.58. The summed E-state index contributed by atoms with van der Waals surface area (Å²) in [6.07, 6.45) is 2.45. The smallest absolute Gasteiger partial charge is 0.325 e. The number of methoxy groups -OCH3 is 1. The maximum Gasteiger partial charge on any atom is 0.325 e. The molecular formula is C16H25NO3. The number of nitrogens with one attached hydrogen (secondary N) is 1. The van der Waals surface area contributed by atoms with Gasteiger partial charge in [-0.05, 0) is 50.9 Å². The number of likely N-dealkylation sites (N-methyl/N-ethyl adjacent to an activating group) is 1. The quantitative estimate of drug-likeness (QED) is 0.587. The summed E-state index contributed by atoms with van der Waals surface area (Å²) in [5, 5.41) is 3.02. The minimum absolute atomic E-state index is 0.243. The van der Waals surface area contributed by atoms with Crippen LogP contribution in [0, 0.1) is 0 Å². The molecule has 112 valence electrons. The minimum atomic E-state index is -0.649. The zero-order valence-electron chi connectivity index (χ0n) is 12.9. The van der Waals surface area contributed by atoms with Crippen LogP contribution in [0.15, 0.2) is 24.3 Å². The molecule has 0 aliphatic heterocycles. The molecule has 0 aromatic heterocycles. The van der Waals surface area contributed by atoms with Crippen LogP contribution in [-0.2, 0) is 16.0 Å². The molecule has 1 rings (SSSR count). The van der Waals surface area contributed by atoms with Crippen LogP contribution in [0.2, 0.25) is 0 Å². The van der Waals surface area contributed by atoms with E-state index in [4.69, 9.17) is 9.47 Å². The van der Waals surface area contributed by atoms with E-state index in [1.165, 1.54) is 12.7 Å². The van der Waals surface area contributed by atoms with Crippen molar-refractivity contribution in [3.05, 3.63) is 29.8 Å². The highest BCUT2D eigenvalue weighted by molar-refractivity contribution is 5.80. The van der Waals surface area contributed by atoms with Crippen LogP contribution >= 0.6 is 0 Å². The lowest BCUT2D eigenvalue weighted by molar-refractivity contribution is -0.148. The fourth-order valence-electron chi connectivity index (χ4n) is 2.03. The highest BCUT2D eigenvalue weighted by Crippen LogP contribution is 2.17. The summed E-state index contributed by atoms with van der Waals surface area (Å²) in [7, 11) is 3.17. The van der Waals surface area contributed by atoms with Gasteiger partial charge in [0.2, 0.25) is 0 Å². The van der Waals surface area contributed by atoms with E-state index in [0.29, 0.717) is 13.0 Å². The fourth-order valence-corrected chi connectivity index (χ4v) is 2.03. The van der Waals surface area contributed by atoms with Gasteiger partial charge in [-0.2, -0.15) is 0 Å². The highest BCUT2D eigenvalue weighted by Gasteiger charge is 2.31. The van der Waals surface area contributed by atoms with Crippen LogP contribution < -0.4 is 10.1 Å². The molecule has 0 saturated carbocycles. The van der Waals surface area contributed by atoms with Crippen LogP contribution in [0.25, 0.3) is 0 Å². The Labute approximate surface area is 121 Å². The molecule has 0 radical (unpaired) electrons. The molecule has 0 amide bonds. The summed E-state index contributed by atoms with van der Waals surface area (Å²) in [6.45, 7) is 4.55. The summed E-state index contributed by atoms with van der Waals surface area (Å²) in [5.41, 5.74) is 0.612. The van der Waals surface area contributed by atoms with Crippen LogP contribution in [0.4, 0.5) is 0 Å². The number of benzene rings is 1. The van der Waals surface area contributed by atoms with E-state index < -0.39 is 5.54 Å². The number of carbonyl (C=O) groups is 1. The number of carbonyl (C=O) groups excluding carboxylic acids is 1. The summed E-state index contributed by atoms with van der Waals surface area (Å²) < 4.78 is 10.5. The Hall–Kier alpha value is -1.55. The first-order chi connectivity index (χ1) is 9.55. The topological polar surface area (TPSA) is 47.6 Å². The van der Waals surface area contributed by atoms with Crippen molar-refractivity contribution >= 4 is 5.97 Å². The van der Waals surface area contributed by atoms with Gasteiger partial charge >= 0.3 is 5.97 Å². The molecule has 0 aliphatic carbocycles. The lowest BCUT2D eigenvalue weighted by Crippen LogP contribution is -2.48. The lowest BCUT2D eigenvalue weighted by Gasteiger charge is -2.25. The summed E-state index contributed by atoms with van der Waals surface area (Å²) in [6, 6.07) is 8.09. The van der Waals surface area contributed by atoms with E-state index in [1.54, 1.807) is 7.05 Å². The molecule has 0 heterocycles. The number of rotatable bonds is 8. The molecule has 0 fully saturated rings. The van der Waals surface area contributed by atoms with Gasteiger partial charge < -0.3 is 14.8 Å². The van der Waals surface area contributed by atoms with Gasteiger partial charge in [-0.15, -0.1) is 0 Å². The second kappa shape index (κ2) is 7.90. The van der Waals surface area contributed by atoms with Crippen molar-refractivity contribution in [2.75, 3.05) is 20.8 Å². The van der Waals surface area contributed by atoms with Gasteiger partial charge in [0.1, 0.15) is 11.3 Å². The van der Waals surface area contributed by atoms with Gasteiger partial charge in [-0.3, -0.25) is 4.79 Å². The molecular weight excluding hydrogens is 254 g/mol. The van der Waals surface area contributed by atoms with Crippen molar-refractivity contribution in [3.63, 3.8) is 0 Å². The first-order valence-electron chi connectivity index (χ1n) is 7.04. The Morgan fingerprint density at radius 2 is 2.15 bits per heavy atom. The third kappa shape index (κ3) is 4.53. The molecule has 4 heteroatoms. The number of aryl methyl sites for hydroxylation is 1. The van der Waals surface area contributed by atoms with Crippen molar-refractivity contribution in [2.24, 2.45) is 0 Å². The first-order valence-corrected chi connectivity index (χ1v) is 7.04. The fraction of sp³-hybridized carbons (Fsp3) is 0.562. The van der Waals surface area contributed by atoms with Crippen LogP contribution in [-0.4, -0.2) is 32.3 Å². The Morgan fingerprint density at radius 1 is 1.40 bits per heavy atom. The van der Waals surface area contributed by atoms with Crippen molar-refractivity contribution in [2.45, 2.75) is 38.6 Å². The van der Waals surface area contributed by atoms with Gasteiger partial charge in [-0.25, -0.2) is 0 Å². The van der Waals surface area contributed by atoms with E-state index in [2.05, 4.69) is 24.4 Å². The molecule has 0 bridgehead atoms. The van der Waals surface area contributed by atoms with Gasteiger partial charge in [0.25, 0.3) is 0 Å². The van der Waals surface area contributed by atoms with E-state index in [1.807, 2.05) is 19.1 Å². The molecule has 1 N–H and O–H groups in total. The Balaban J connectivity index is 2.42. The first kappa shape index (κ1) is 16.5. The van der Waals surface area contributed by atoms with Crippen LogP contribution in [0.1, 0.15) is 32.3 Å². The van der Waals surface area contributed by atoms with Gasteiger partial charge in [-0.1, -0.05) is 19.1 Å². The molecule has 0 saturated heterocycles.